The third kappa shape index (κ3) is 4.75. The van der Waals surface area contributed by atoms with Gasteiger partial charge >= 0.3 is 0 Å². The van der Waals surface area contributed by atoms with Crippen molar-refractivity contribution in [2.75, 3.05) is 0 Å². The molecule has 2 unspecified atom stereocenters. The number of aliphatic imine (C=N–C) groups is 3. The Kier molecular flexibility index (Phi) is 6.52. The number of nitrogens with zero attached hydrogens (tertiary/aromatic N) is 5. The smallest absolute Gasteiger partial charge is 0.199 e. The standard InChI is InChI=1S/C21H33N7O/c1-7-17(15(6)29)25-21-26-19(18-20(27-21)28(11-24-18)12(2)3)23-10-16-9-22-14(5)8-13(16)4/h8-9,11-12,15,17-18,20,29H,7,10H2,1-6H3,(H2,23,25,26,27)/t15-,17+,18?,20?/m1/s1. The van der Waals surface area contributed by atoms with Gasteiger partial charge in [-0.2, -0.15) is 0 Å². The summed E-state index contributed by atoms with van der Waals surface area (Å²) in [5.74, 6) is 1.42. The normalized spacial score (nSPS) is 24.3. The van der Waals surface area contributed by atoms with Gasteiger partial charge in [-0.25, -0.2) is 4.99 Å². The lowest BCUT2D eigenvalue weighted by atomic mass is 10.1. The molecule has 3 heterocycles. The topological polar surface area (TPSA) is 97.5 Å². The lowest BCUT2D eigenvalue weighted by Crippen LogP contribution is -2.58. The highest BCUT2D eigenvalue weighted by atomic mass is 16.3. The van der Waals surface area contributed by atoms with Crippen molar-refractivity contribution >= 4 is 18.1 Å². The van der Waals surface area contributed by atoms with Gasteiger partial charge in [0.05, 0.1) is 25.0 Å². The van der Waals surface area contributed by atoms with E-state index in [9.17, 15) is 5.11 Å². The minimum absolute atomic E-state index is 0.0857. The Hall–Kier alpha value is -2.48. The van der Waals surface area contributed by atoms with Crippen LogP contribution >= 0.6 is 0 Å². The molecule has 0 saturated heterocycles. The van der Waals surface area contributed by atoms with Crippen LogP contribution in [0.15, 0.2) is 27.2 Å². The summed E-state index contributed by atoms with van der Waals surface area (Å²) in [6.07, 6.45) is 3.93. The molecular weight excluding hydrogens is 366 g/mol. The van der Waals surface area contributed by atoms with Crippen LogP contribution in [0.3, 0.4) is 0 Å². The second-order valence-electron chi connectivity index (χ2n) is 8.12. The predicted octanol–water partition coefficient (Wildman–Crippen LogP) is 1.75. The summed E-state index contributed by atoms with van der Waals surface area (Å²) in [5.41, 5.74) is 3.28. The molecule has 1 aromatic rings. The first kappa shape index (κ1) is 21.2. The minimum atomic E-state index is -0.482. The van der Waals surface area contributed by atoms with Gasteiger partial charge < -0.3 is 20.6 Å². The Bertz CT molecular complexity index is 815. The fraction of sp³-hybridized carbons (Fsp3) is 0.619. The third-order valence-electron chi connectivity index (χ3n) is 5.45. The Morgan fingerprint density at radius 2 is 2.07 bits per heavy atom. The zero-order chi connectivity index (χ0) is 21.1. The van der Waals surface area contributed by atoms with Crippen molar-refractivity contribution in [3.05, 3.63) is 29.1 Å². The molecule has 8 nitrogen and oxygen atoms in total. The summed E-state index contributed by atoms with van der Waals surface area (Å²) >= 11 is 0. The second kappa shape index (κ2) is 8.90. The quantitative estimate of drug-likeness (QED) is 0.677. The number of aromatic nitrogens is 1. The van der Waals surface area contributed by atoms with E-state index in [4.69, 9.17) is 9.98 Å². The first-order chi connectivity index (χ1) is 13.8. The summed E-state index contributed by atoms with van der Waals surface area (Å²) in [7, 11) is 0. The van der Waals surface area contributed by atoms with E-state index in [1.54, 1.807) is 6.92 Å². The highest BCUT2D eigenvalue weighted by molar-refractivity contribution is 6.06. The largest absolute Gasteiger partial charge is 0.391 e. The average molecular weight is 400 g/mol. The van der Waals surface area contributed by atoms with E-state index < -0.39 is 6.10 Å². The molecule has 0 spiro atoms. The molecular formula is C21H33N7O. The van der Waals surface area contributed by atoms with Gasteiger partial charge in [-0.1, -0.05) is 6.92 Å². The number of hydrogen-bond acceptors (Lipinski definition) is 7. The fourth-order valence-corrected chi connectivity index (χ4v) is 3.61. The number of pyridine rings is 1. The maximum Gasteiger partial charge on any atom is 0.199 e. The van der Waals surface area contributed by atoms with E-state index in [2.05, 4.69) is 52.3 Å². The lowest BCUT2D eigenvalue weighted by Gasteiger charge is -2.34. The fourth-order valence-electron chi connectivity index (χ4n) is 3.61. The summed E-state index contributed by atoms with van der Waals surface area (Å²) in [5, 5.41) is 16.7. The number of fused-ring (bicyclic) bond motifs is 1. The van der Waals surface area contributed by atoms with E-state index in [-0.39, 0.29) is 24.3 Å². The van der Waals surface area contributed by atoms with E-state index in [1.165, 1.54) is 5.56 Å². The SMILES string of the molecule is CC[C@H](NC1=NC2C(N=CN2C(C)C)C(=NCc2cnc(C)cc2C)N1)[C@@H](C)O. The summed E-state index contributed by atoms with van der Waals surface area (Å²) in [6, 6.07) is 2.11. The van der Waals surface area contributed by atoms with Crippen LogP contribution < -0.4 is 10.6 Å². The van der Waals surface area contributed by atoms with Crippen LogP contribution in [-0.4, -0.2) is 63.5 Å². The van der Waals surface area contributed by atoms with E-state index in [0.717, 1.165) is 23.5 Å². The summed E-state index contributed by atoms with van der Waals surface area (Å²) < 4.78 is 0. The van der Waals surface area contributed by atoms with E-state index in [1.807, 2.05) is 26.4 Å². The van der Waals surface area contributed by atoms with Gasteiger partial charge in [-0.3, -0.25) is 15.0 Å². The molecule has 0 bridgehead atoms. The maximum absolute atomic E-state index is 10.0. The van der Waals surface area contributed by atoms with E-state index >= 15 is 0 Å². The molecule has 0 aliphatic carbocycles. The number of hydrogen-bond donors (Lipinski definition) is 3. The summed E-state index contributed by atoms with van der Waals surface area (Å²) in [6.45, 7) is 12.7. The Morgan fingerprint density at radius 1 is 1.31 bits per heavy atom. The Morgan fingerprint density at radius 3 is 2.69 bits per heavy atom. The molecule has 0 aromatic carbocycles. The number of aliphatic hydroxyl groups is 1. The zero-order valence-electron chi connectivity index (χ0n) is 18.2. The van der Waals surface area contributed by atoms with Crippen molar-refractivity contribution in [3.63, 3.8) is 0 Å². The highest BCUT2D eigenvalue weighted by Crippen LogP contribution is 2.22. The number of guanidine groups is 1. The van der Waals surface area contributed by atoms with Crippen LogP contribution in [0.4, 0.5) is 0 Å². The Labute approximate surface area is 173 Å². The van der Waals surface area contributed by atoms with Crippen molar-refractivity contribution < 1.29 is 5.11 Å². The van der Waals surface area contributed by atoms with Gasteiger partial charge in [0.25, 0.3) is 0 Å². The van der Waals surface area contributed by atoms with Crippen LogP contribution in [-0.2, 0) is 6.54 Å². The molecule has 0 fully saturated rings. The minimum Gasteiger partial charge on any atom is -0.391 e. The second-order valence-corrected chi connectivity index (χ2v) is 8.12. The van der Waals surface area contributed by atoms with Crippen LogP contribution in [0.25, 0.3) is 0 Å². The molecule has 1 aromatic heterocycles. The first-order valence-electron chi connectivity index (χ1n) is 10.4. The maximum atomic E-state index is 10.0. The molecule has 158 valence electrons. The van der Waals surface area contributed by atoms with Crippen molar-refractivity contribution in [2.24, 2.45) is 15.0 Å². The molecule has 8 heteroatoms. The number of nitrogens with one attached hydrogen (secondary N) is 2. The van der Waals surface area contributed by atoms with Crippen LogP contribution in [0, 0.1) is 13.8 Å². The van der Waals surface area contributed by atoms with Gasteiger partial charge in [-0.05, 0) is 58.2 Å². The molecule has 2 aliphatic heterocycles. The predicted molar refractivity (Wildman–Crippen MR) is 117 cm³/mol. The average Bonchev–Trinajstić information content (AvgIpc) is 3.09. The number of aryl methyl sites for hydroxylation is 2. The van der Waals surface area contributed by atoms with Crippen molar-refractivity contribution in [3.8, 4) is 0 Å². The van der Waals surface area contributed by atoms with Gasteiger partial charge in [-0.15, -0.1) is 0 Å². The molecule has 29 heavy (non-hydrogen) atoms. The molecule has 2 aliphatic rings. The van der Waals surface area contributed by atoms with Gasteiger partial charge in [0, 0.05) is 17.9 Å². The van der Waals surface area contributed by atoms with Crippen molar-refractivity contribution in [1.82, 2.24) is 20.5 Å². The van der Waals surface area contributed by atoms with Crippen molar-refractivity contribution in [1.29, 1.82) is 0 Å². The van der Waals surface area contributed by atoms with Gasteiger partial charge in [0.15, 0.2) is 12.1 Å². The third-order valence-corrected chi connectivity index (χ3v) is 5.45. The molecule has 0 radical (unpaired) electrons. The molecule has 0 saturated carbocycles. The zero-order valence-corrected chi connectivity index (χ0v) is 18.2. The van der Waals surface area contributed by atoms with Crippen LogP contribution in [0.2, 0.25) is 0 Å². The van der Waals surface area contributed by atoms with Gasteiger partial charge in [0.2, 0.25) is 0 Å². The molecule has 4 atom stereocenters. The van der Waals surface area contributed by atoms with Crippen molar-refractivity contribution in [2.45, 2.75) is 84.9 Å². The lowest BCUT2D eigenvalue weighted by molar-refractivity contribution is 0.151. The molecule has 3 rings (SSSR count). The number of aliphatic hydroxyl groups excluding tert-OH is 1. The Balaban J connectivity index is 1.86. The summed E-state index contributed by atoms with van der Waals surface area (Å²) in [4.78, 5) is 20.9. The van der Waals surface area contributed by atoms with Gasteiger partial charge in [0.1, 0.15) is 11.9 Å². The van der Waals surface area contributed by atoms with Crippen LogP contribution in [0.5, 0.6) is 0 Å². The van der Waals surface area contributed by atoms with Crippen LogP contribution in [0.1, 0.15) is 50.9 Å². The highest BCUT2D eigenvalue weighted by Gasteiger charge is 2.39. The molecule has 0 amide bonds. The monoisotopic (exact) mass is 399 g/mol. The number of rotatable bonds is 6. The van der Waals surface area contributed by atoms with E-state index in [0.29, 0.717) is 12.5 Å². The molecule has 3 N–H and O–H groups in total. The first-order valence-corrected chi connectivity index (χ1v) is 10.4. The number of amidine groups is 1.